The van der Waals surface area contributed by atoms with Crippen molar-refractivity contribution < 1.29 is 9.32 Å². The van der Waals surface area contributed by atoms with Gasteiger partial charge in [-0.3, -0.25) is 9.78 Å². The first-order valence-electron chi connectivity index (χ1n) is 7.75. The Morgan fingerprint density at radius 2 is 2.41 bits per heavy atom. The zero-order valence-corrected chi connectivity index (χ0v) is 12.7. The number of aryl methyl sites for hydroxylation is 1. The maximum Gasteiger partial charge on any atom is 0.227 e. The molecular weight excluding hydrogens is 280 g/mol. The van der Waals surface area contributed by atoms with Gasteiger partial charge in [0, 0.05) is 37.8 Å². The molecule has 0 aliphatic carbocycles. The number of hydrogen-bond acceptors (Lipinski definition) is 5. The van der Waals surface area contributed by atoms with Crippen molar-refractivity contribution in [3.8, 4) is 0 Å². The third-order valence-electron chi connectivity index (χ3n) is 4.00. The van der Waals surface area contributed by atoms with Gasteiger partial charge in [-0.25, -0.2) is 0 Å². The zero-order valence-electron chi connectivity index (χ0n) is 12.7. The summed E-state index contributed by atoms with van der Waals surface area (Å²) in [5.74, 6) is 1.71. The average Bonchev–Trinajstić information content (AvgIpc) is 3.05. The molecule has 0 unspecified atom stereocenters. The second kappa shape index (κ2) is 6.68. The molecule has 1 aliphatic heterocycles. The minimum atomic E-state index is 0.136. The van der Waals surface area contributed by atoms with Crippen LogP contribution in [0.15, 0.2) is 29.0 Å². The fourth-order valence-electron chi connectivity index (χ4n) is 2.78. The van der Waals surface area contributed by atoms with Crippen molar-refractivity contribution in [3.63, 3.8) is 0 Å². The molecule has 1 saturated heterocycles. The average molecular weight is 300 g/mol. The monoisotopic (exact) mass is 300 g/mol. The standard InChI is InChI=1S/C16H20N4O2/c1-2-14-18-16(19-22-14)13-6-4-8-20(11-13)15(21)9-12-5-3-7-17-10-12/h3,5,7,10,13H,2,4,6,8-9,11H2,1H3/t13-/m0/s1. The molecule has 0 radical (unpaired) electrons. The molecule has 6 nitrogen and oxygen atoms in total. The summed E-state index contributed by atoms with van der Waals surface area (Å²) in [4.78, 5) is 22.8. The van der Waals surface area contributed by atoms with Crippen molar-refractivity contribution in [1.29, 1.82) is 0 Å². The van der Waals surface area contributed by atoms with Crippen molar-refractivity contribution in [2.45, 2.75) is 38.5 Å². The van der Waals surface area contributed by atoms with Crippen molar-refractivity contribution in [2.24, 2.45) is 0 Å². The van der Waals surface area contributed by atoms with E-state index in [-0.39, 0.29) is 11.8 Å². The number of piperidine rings is 1. The van der Waals surface area contributed by atoms with Gasteiger partial charge in [-0.15, -0.1) is 0 Å². The van der Waals surface area contributed by atoms with Crippen LogP contribution in [0.3, 0.4) is 0 Å². The smallest absolute Gasteiger partial charge is 0.227 e. The molecule has 116 valence electrons. The summed E-state index contributed by atoms with van der Waals surface area (Å²) in [6.07, 6.45) is 6.56. The van der Waals surface area contributed by atoms with E-state index in [1.54, 1.807) is 12.4 Å². The Hall–Kier alpha value is -2.24. The van der Waals surface area contributed by atoms with E-state index in [0.717, 1.165) is 37.2 Å². The fraction of sp³-hybridized carbons (Fsp3) is 0.500. The fourth-order valence-corrected chi connectivity index (χ4v) is 2.78. The number of nitrogens with zero attached hydrogens (tertiary/aromatic N) is 4. The van der Waals surface area contributed by atoms with E-state index < -0.39 is 0 Å². The van der Waals surface area contributed by atoms with E-state index in [1.807, 2.05) is 24.0 Å². The summed E-state index contributed by atoms with van der Waals surface area (Å²) in [7, 11) is 0. The first-order chi connectivity index (χ1) is 10.8. The van der Waals surface area contributed by atoms with E-state index in [1.165, 1.54) is 0 Å². The Morgan fingerprint density at radius 3 is 3.14 bits per heavy atom. The summed E-state index contributed by atoms with van der Waals surface area (Å²) in [6.45, 7) is 3.46. The third-order valence-corrected chi connectivity index (χ3v) is 4.00. The molecule has 3 heterocycles. The van der Waals surface area contributed by atoms with Crippen LogP contribution in [-0.4, -0.2) is 39.0 Å². The van der Waals surface area contributed by atoms with Crippen LogP contribution in [-0.2, 0) is 17.6 Å². The molecule has 1 amide bonds. The van der Waals surface area contributed by atoms with Gasteiger partial charge in [0.25, 0.3) is 0 Å². The Balaban J connectivity index is 1.63. The summed E-state index contributed by atoms with van der Waals surface area (Å²) in [5, 5.41) is 4.05. The molecule has 3 rings (SSSR count). The van der Waals surface area contributed by atoms with Crippen molar-refractivity contribution in [1.82, 2.24) is 20.0 Å². The molecule has 2 aromatic heterocycles. The SMILES string of the molecule is CCc1nc([C@H]2CCCN(C(=O)Cc3cccnc3)C2)no1. The summed E-state index contributed by atoms with van der Waals surface area (Å²) in [5.41, 5.74) is 0.947. The molecular formula is C16H20N4O2. The summed E-state index contributed by atoms with van der Waals surface area (Å²) in [6, 6.07) is 3.78. The van der Waals surface area contributed by atoms with Crippen LogP contribution in [0.2, 0.25) is 0 Å². The Morgan fingerprint density at radius 1 is 1.50 bits per heavy atom. The highest BCUT2D eigenvalue weighted by Crippen LogP contribution is 2.25. The minimum Gasteiger partial charge on any atom is -0.342 e. The first-order valence-corrected chi connectivity index (χ1v) is 7.75. The predicted octanol–water partition coefficient (Wildman–Crippen LogP) is 1.98. The van der Waals surface area contributed by atoms with Crippen LogP contribution >= 0.6 is 0 Å². The van der Waals surface area contributed by atoms with E-state index in [0.29, 0.717) is 18.9 Å². The topological polar surface area (TPSA) is 72.1 Å². The lowest BCUT2D eigenvalue weighted by molar-refractivity contribution is -0.131. The highest BCUT2D eigenvalue weighted by Gasteiger charge is 2.27. The molecule has 0 N–H and O–H groups in total. The number of amides is 1. The number of hydrogen-bond donors (Lipinski definition) is 0. The summed E-state index contributed by atoms with van der Waals surface area (Å²) >= 11 is 0. The van der Waals surface area contributed by atoms with Crippen LogP contribution in [0.5, 0.6) is 0 Å². The Bertz CT molecular complexity index is 626. The molecule has 1 fully saturated rings. The first kappa shape index (κ1) is 14.7. The van der Waals surface area contributed by atoms with Gasteiger partial charge in [0.15, 0.2) is 5.82 Å². The Kier molecular flexibility index (Phi) is 4.46. The lowest BCUT2D eigenvalue weighted by atomic mass is 9.97. The predicted molar refractivity (Wildman–Crippen MR) is 80.2 cm³/mol. The zero-order chi connectivity index (χ0) is 15.4. The van der Waals surface area contributed by atoms with Gasteiger partial charge in [0.05, 0.1) is 6.42 Å². The molecule has 1 atom stereocenters. The molecule has 0 saturated carbocycles. The number of carbonyl (C=O) groups is 1. The van der Waals surface area contributed by atoms with Crippen LogP contribution in [0.25, 0.3) is 0 Å². The van der Waals surface area contributed by atoms with Gasteiger partial charge in [-0.2, -0.15) is 4.98 Å². The molecule has 2 aromatic rings. The third kappa shape index (κ3) is 3.32. The van der Waals surface area contributed by atoms with Gasteiger partial charge in [-0.05, 0) is 24.5 Å². The molecule has 0 aromatic carbocycles. The lowest BCUT2D eigenvalue weighted by Gasteiger charge is -2.31. The van der Waals surface area contributed by atoms with E-state index in [4.69, 9.17) is 4.52 Å². The van der Waals surface area contributed by atoms with Gasteiger partial charge in [-0.1, -0.05) is 18.1 Å². The van der Waals surface area contributed by atoms with Gasteiger partial charge in [0.1, 0.15) is 0 Å². The number of aromatic nitrogens is 3. The van der Waals surface area contributed by atoms with Crippen LogP contribution in [0, 0.1) is 0 Å². The number of carbonyl (C=O) groups excluding carboxylic acids is 1. The molecule has 0 bridgehead atoms. The lowest BCUT2D eigenvalue weighted by Crippen LogP contribution is -2.40. The van der Waals surface area contributed by atoms with Crippen molar-refractivity contribution in [3.05, 3.63) is 41.8 Å². The van der Waals surface area contributed by atoms with E-state index in [9.17, 15) is 4.79 Å². The van der Waals surface area contributed by atoms with Crippen LogP contribution in [0.4, 0.5) is 0 Å². The quantitative estimate of drug-likeness (QED) is 0.863. The van der Waals surface area contributed by atoms with E-state index >= 15 is 0 Å². The number of pyridine rings is 1. The summed E-state index contributed by atoms with van der Waals surface area (Å²) < 4.78 is 5.19. The minimum absolute atomic E-state index is 0.136. The molecule has 0 spiro atoms. The van der Waals surface area contributed by atoms with Crippen LogP contribution in [0.1, 0.15) is 43.0 Å². The Labute approximate surface area is 129 Å². The number of rotatable bonds is 4. The van der Waals surface area contributed by atoms with E-state index in [2.05, 4.69) is 15.1 Å². The second-order valence-corrected chi connectivity index (χ2v) is 5.62. The van der Waals surface area contributed by atoms with Crippen LogP contribution < -0.4 is 0 Å². The van der Waals surface area contributed by atoms with Crippen molar-refractivity contribution in [2.75, 3.05) is 13.1 Å². The maximum atomic E-state index is 12.4. The highest BCUT2D eigenvalue weighted by atomic mass is 16.5. The number of likely N-dealkylation sites (tertiary alicyclic amines) is 1. The van der Waals surface area contributed by atoms with Gasteiger partial charge in [0.2, 0.25) is 11.8 Å². The van der Waals surface area contributed by atoms with Gasteiger partial charge >= 0.3 is 0 Å². The maximum absolute atomic E-state index is 12.4. The largest absolute Gasteiger partial charge is 0.342 e. The van der Waals surface area contributed by atoms with Gasteiger partial charge < -0.3 is 9.42 Å². The molecule has 1 aliphatic rings. The second-order valence-electron chi connectivity index (χ2n) is 5.62. The normalized spacial score (nSPS) is 18.4. The molecule has 6 heteroatoms. The molecule has 22 heavy (non-hydrogen) atoms. The van der Waals surface area contributed by atoms with Crippen molar-refractivity contribution >= 4 is 5.91 Å². The highest BCUT2D eigenvalue weighted by molar-refractivity contribution is 5.78.